The van der Waals surface area contributed by atoms with E-state index in [0.29, 0.717) is 12.2 Å². The average molecular weight is 398 g/mol. The van der Waals surface area contributed by atoms with Crippen LogP contribution in [0.5, 0.6) is 0 Å². The lowest BCUT2D eigenvalue weighted by Gasteiger charge is -2.32. The number of amides is 1. The summed E-state index contributed by atoms with van der Waals surface area (Å²) in [4.78, 5) is 31.3. The predicted octanol–water partition coefficient (Wildman–Crippen LogP) is 4.67. The summed E-state index contributed by atoms with van der Waals surface area (Å²) in [5.74, 6) is -1.33. The summed E-state index contributed by atoms with van der Waals surface area (Å²) in [6.07, 6.45) is 3.11. The summed E-state index contributed by atoms with van der Waals surface area (Å²) in [6.45, 7) is 26.1. The summed E-state index contributed by atoms with van der Waals surface area (Å²) in [5, 5.41) is 10.8. The van der Waals surface area contributed by atoms with Crippen LogP contribution in [0.2, 0.25) is 0 Å². The molecule has 0 spiro atoms. The Morgan fingerprint density at radius 2 is 1.46 bits per heavy atom. The topological polar surface area (TPSA) is 92.7 Å². The van der Waals surface area contributed by atoms with Gasteiger partial charge in [-0.15, -0.1) is 0 Å². The van der Waals surface area contributed by atoms with Gasteiger partial charge in [0, 0.05) is 16.7 Å². The van der Waals surface area contributed by atoms with Crippen LogP contribution in [0, 0.1) is 5.41 Å². The van der Waals surface area contributed by atoms with Crippen LogP contribution >= 0.6 is 0 Å². The first-order valence-electron chi connectivity index (χ1n) is 9.15. The number of carbonyl (C=O) groups excluding carboxylic acids is 2. The van der Waals surface area contributed by atoms with Crippen molar-refractivity contribution in [2.45, 2.75) is 73.8 Å². The molecule has 0 rings (SSSR count). The van der Waals surface area contributed by atoms with Crippen LogP contribution < -0.4 is 5.32 Å². The minimum absolute atomic E-state index is 0.103. The second kappa shape index (κ2) is 14.7. The normalized spacial score (nSPS) is 10.1. The van der Waals surface area contributed by atoms with Crippen LogP contribution in [-0.4, -0.2) is 35.1 Å². The van der Waals surface area contributed by atoms with E-state index in [-0.39, 0.29) is 28.4 Å². The van der Waals surface area contributed by atoms with Gasteiger partial charge in [-0.25, -0.2) is 9.59 Å². The number of ether oxygens (including phenoxy) is 1. The van der Waals surface area contributed by atoms with Gasteiger partial charge in [-0.1, -0.05) is 47.4 Å². The molecule has 0 unspecified atom stereocenters. The maximum Gasteiger partial charge on any atom is 0.333 e. The molecular weight excluding hydrogens is 358 g/mol. The highest BCUT2D eigenvalue weighted by atomic mass is 16.5. The summed E-state index contributed by atoms with van der Waals surface area (Å²) in [7, 11) is 0. The van der Waals surface area contributed by atoms with E-state index < -0.39 is 5.97 Å². The molecule has 0 radical (unpaired) electrons. The van der Waals surface area contributed by atoms with Gasteiger partial charge in [0.15, 0.2) is 0 Å². The predicted molar refractivity (Wildman–Crippen MR) is 115 cm³/mol. The van der Waals surface area contributed by atoms with Crippen LogP contribution in [0.1, 0.15) is 68.2 Å². The smallest absolute Gasteiger partial charge is 0.333 e. The molecule has 0 saturated heterocycles. The Morgan fingerprint density at radius 3 is 1.71 bits per heavy atom. The van der Waals surface area contributed by atoms with Gasteiger partial charge >= 0.3 is 11.9 Å². The highest BCUT2D eigenvalue weighted by Gasteiger charge is 2.25. The van der Waals surface area contributed by atoms with Crippen LogP contribution in [0.4, 0.5) is 0 Å². The number of aliphatic carboxylic acids is 1. The monoisotopic (exact) mass is 397 g/mol. The Hall–Kier alpha value is -2.37. The molecule has 0 aliphatic rings. The van der Waals surface area contributed by atoms with Crippen molar-refractivity contribution in [3.8, 4) is 0 Å². The number of hydrogen-bond donors (Lipinski definition) is 2. The summed E-state index contributed by atoms with van der Waals surface area (Å²) in [5.41, 5.74) is 0.694. The van der Waals surface area contributed by atoms with Gasteiger partial charge in [-0.2, -0.15) is 0 Å². The number of rotatable bonds is 7. The fourth-order valence-electron chi connectivity index (χ4n) is 2.07. The van der Waals surface area contributed by atoms with Gasteiger partial charge in [0.25, 0.3) is 0 Å². The molecule has 0 atom stereocenters. The lowest BCUT2D eigenvalue weighted by atomic mass is 9.82. The zero-order chi connectivity index (χ0) is 23.1. The van der Waals surface area contributed by atoms with Crippen LogP contribution in [-0.2, 0) is 19.1 Å². The molecule has 0 bridgehead atoms. The third kappa shape index (κ3) is 23.6. The van der Waals surface area contributed by atoms with Crippen molar-refractivity contribution in [2.75, 3.05) is 6.61 Å². The second-order valence-electron chi connectivity index (χ2n) is 8.32. The van der Waals surface area contributed by atoms with Crippen molar-refractivity contribution in [2.24, 2.45) is 5.41 Å². The third-order valence-electron chi connectivity index (χ3n) is 2.77. The fraction of sp³-hybridized carbons (Fsp3) is 0.591. The lowest BCUT2D eigenvalue weighted by Crippen LogP contribution is -2.45. The number of hydrogen-bond acceptors (Lipinski definition) is 4. The third-order valence-corrected chi connectivity index (χ3v) is 2.77. The molecule has 0 heterocycles. The van der Waals surface area contributed by atoms with Crippen LogP contribution in [0.25, 0.3) is 0 Å². The maximum absolute atomic E-state index is 11.1. The van der Waals surface area contributed by atoms with Gasteiger partial charge in [0.05, 0.1) is 6.61 Å². The first kappa shape index (κ1) is 30.4. The molecule has 0 aromatic heterocycles. The number of carboxylic acids is 1. The molecule has 6 heteroatoms. The molecule has 0 fully saturated rings. The van der Waals surface area contributed by atoms with Gasteiger partial charge in [-0.3, -0.25) is 4.79 Å². The molecule has 0 aliphatic heterocycles. The first-order chi connectivity index (χ1) is 12.5. The van der Waals surface area contributed by atoms with Gasteiger partial charge in [-0.05, 0) is 52.0 Å². The standard InChI is InChI=1S/C11H21NO.C7H12O2.C4H6O2/c1-7-9(13)12-11(5,6)8-10(2,3)4;1-4-5-9-7(8)6(2)3;1-3(2)4(5)6/h7H,1,8H2,2-6H3,(H,12,13);2,4-5H2,1,3H3;1H2,2H3,(H,5,6). The van der Waals surface area contributed by atoms with Crippen molar-refractivity contribution in [3.05, 3.63) is 37.0 Å². The Labute approximate surface area is 170 Å². The molecule has 0 aromatic rings. The van der Waals surface area contributed by atoms with E-state index in [1.807, 2.05) is 20.8 Å². The molecule has 162 valence electrons. The highest BCUT2D eigenvalue weighted by Crippen LogP contribution is 2.26. The molecule has 0 aliphatic carbocycles. The SMILES string of the molecule is C=C(C)C(=O)O.C=C(C)C(=O)OCCC.C=CC(=O)NC(C)(C)CC(C)(C)C. The molecule has 2 N–H and O–H groups in total. The van der Waals surface area contributed by atoms with Crippen LogP contribution in [0.15, 0.2) is 37.0 Å². The van der Waals surface area contributed by atoms with E-state index in [2.05, 4.69) is 45.8 Å². The Kier molecular flexibility index (Phi) is 15.9. The quantitative estimate of drug-likeness (QED) is 0.481. The largest absolute Gasteiger partial charge is 0.478 e. The van der Waals surface area contributed by atoms with Gasteiger partial charge < -0.3 is 15.2 Å². The van der Waals surface area contributed by atoms with E-state index in [1.54, 1.807) is 6.92 Å². The summed E-state index contributed by atoms with van der Waals surface area (Å²) >= 11 is 0. The van der Waals surface area contributed by atoms with E-state index >= 15 is 0 Å². The van der Waals surface area contributed by atoms with Gasteiger partial charge in [0.1, 0.15) is 0 Å². The molecule has 0 aromatic carbocycles. The molecule has 0 saturated carbocycles. The highest BCUT2D eigenvalue weighted by molar-refractivity contribution is 5.87. The van der Waals surface area contributed by atoms with Crippen molar-refractivity contribution in [1.29, 1.82) is 0 Å². The van der Waals surface area contributed by atoms with Crippen LogP contribution in [0.3, 0.4) is 0 Å². The van der Waals surface area contributed by atoms with Crippen molar-refractivity contribution in [3.63, 3.8) is 0 Å². The zero-order valence-corrected chi connectivity index (χ0v) is 18.9. The Balaban J connectivity index is -0.000000362. The van der Waals surface area contributed by atoms with Crippen molar-refractivity contribution >= 4 is 17.8 Å². The average Bonchev–Trinajstić information content (AvgIpc) is 2.50. The van der Waals surface area contributed by atoms with E-state index in [1.165, 1.54) is 13.0 Å². The lowest BCUT2D eigenvalue weighted by molar-refractivity contribution is -0.139. The Morgan fingerprint density at radius 1 is 1.04 bits per heavy atom. The van der Waals surface area contributed by atoms with Crippen molar-refractivity contribution < 1.29 is 24.2 Å². The Bertz CT molecular complexity index is 542. The molecule has 6 nitrogen and oxygen atoms in total. The van der Waals surface area contributed by atoms with E-state index in [0.717, 1.165) is 12.8 Å². The number of carboxylic acid groups (broad SMARTS) is 1. The second-order valence-corrected chi connectivity index (χ2v) is 8.32. The molecule has 1 amide bonds. The number of carbonyl (C=O) groups is 3. The summed E-state index contributed by atoms with van der Waals surface area (Å²) < 4.78 is 4.71. The maximum atomic E-state index is 11.1. The molecule has 28 heavy (non-hydrogen) atoms. The minimum Gasteiger partial charge on any atom is -0.478 e. The summed E-state index contributed by atoms with van der Waals surface area (Å²) in [6, 6.07) is 0. The van der Waals surface area contributed by atoms with Gasteiger partial charge in [0.2, 0.25) is 5.91 Å². The zero-order valence-electron chi connectivity index (χ0n) is 18.9. The number of esters is 1. The van der Waals surface area contributed by atoms with E-state index in [4.69, 9.17) is 9.84 Å². The van der Waals surface area contributed by atoms with Crippen molar-refractivity contribution in [1.82, 2.24) is 5.32 Å². The number of nitrogens with one attached hydrogen (secondary N) is 1. The minimum atomic E-state index is -0.935. The molecular formula is C22H39NO5. The van der Waals surface area contributed by atoms with E-state index in [9.17, 15) is 14.4 Å². The first-order valence-corrected chi connectivity index (χ1v) is 9.15. The fourth-order valence-corrected chi connectivity index (χ4v) is 2.07.